The first-order valence-electron chi connectivity index (χ1n) is 7.90. The summed E-state index contributed by atoms with van der Waals surface area (Å²) in [5.74, 6) is -0.914. The summed E-state index contributed by atoms with van der Waals surface area (Å²) in [5.41, 5.74) is -0.616. The first-order valence-corrected chi connectivity index (χ1v) is 9.75. The van der Waals surface area contributed by atoms with Crippen LogP contribution in [-0.2, 0) is 19.6 Å². The van der Waals surface area contributed by atoms with E-state index in [4.69, 9.17) is 9.47 Å². The third kappa shape index (κ3) is 5.38. The van der Waals surface area contributed by atoms with Gasteiger partial charge in [0.1, 0.15) is 0 Å². The second-order valence-electron chi connectivity index (χ2n) is 6.05. The third-order valence-electron chi connectivity index (χ3n) is 4.34. The number of nitrogens with one attached hydrogen (secondary N) is 1. The molecule has 0 saturated carbocycles. The SMILES string of the molecule is COC1(CNC(=O)COc2ccccc2F)CCN(S(C)(=O)=O)CC1. The van der Waals surface area contributed by atoms with E-state index in [0.29, 0.717) is 25.9 Å². The van der Waals surface area contributed by atoms with Crippen molar-refractivity contribution in [2.24, 2.45) is 0 Å². The Balaban J connectivity index is 1.82. The van der Waals surface area contributed by atoms with Crippen molar-refractivity contribution in [3.05, 3.63) is 30.1 Å². The number of sulfonamides is 1. The lowest BCUT2D eigenvalue weighted by Crippen LogP contribution is -2.53. The number of hydrogen-bond acceptors (Lipinski definition) is 5. The molecule has 1 saturated heterocycles. The standard InChI is InChI=1S/C16H23FN2O5S/c1-23-16(7-9-19(10-8-16)25(2,21)22)12-18-15(20)11-24-14-6-4-3-5-13(14)17/h3-6H,7-12H2,1-2H3,(H,18,20). The zero-order valence-electron chi connectivity index (χ0n) is 14.3. The van der Waals surface area contributed by atoms with Crippen LogP contribution in [0.1, 0.15) is 12.8 Å². The summed E-state index contributed by atoms with van der Waals surface area (Å²) < 4.78 is 48.7. The van der Waals surface area contributed by atoms with Crippen molar-refractivity contribution in [3.8, 4) is 5.75 Å². The molecular weight excluding hydrogens is 351 g/mol. The van der Waals surface area contributed by atoms with Crippen molar-refractivity contribution in [1.29, 1.82) is 0 Å². The van der Waals surface area contributed by atoms with Crippen molar-refractivity contribution in [2.45, 2.75) is 18.4 Å². The van der Waals surface area contributed by atoms with Gasteiger partial charge in [-0.25, -0.2) is 17.1 Å². The number of methoxy groups -OCH3 is 1. The first kappa shape index (κ1) is 19.6. The van der Waals surface area contributed by atoms with Gasteiger partial charge >= 0.3 is 0 Å². The molecule has 0 atom stereocenters. The number of piperidine rings is 1. The number of halogens is 1. The van der Waals surface area contributed by atoms with Crippen LogP contribution in [0.3, 0.4) is 0 Å². The van der Waals surface area contributed by atoms with E-state index in [-0.39, 0.29) is 18.9 Å². The maximum Gasteiger partial charge on any atom is 0.258 e. The quantitative estimate of drug-likeness (QED) is 0.762. The predicted molar refractivity (Wildman–Crippen MR) is 90.3 cm³/mol. The van der Waals surface area contributed by atoms with Crippen LogP contribution >= 0.6 is 0 Å². The van der Waals surface area contributed by atoms with Crippen LogP contribution in [0.25, 0.3) is 0 Å². The van der Waals surface area contributed by atoms with Gasteiger partial charge in [0, 0.05) is 26.7 Å². The van der Waals surface area contributed by atoms with Crippen molar-refractivity contribution in [1.82, 2.24) is 9.62 Å². The van der Waals surface area contributed by atoms with Crippen LogP contribution in [0.5, 0.6) is 5.75 Å². The number of carbonyl (C=O) groups excluding carboxylic acids is 1. The topological polar surface area (TPSA) is 84.9 Å². The Morgan fingerprint density at radius 2 is 1.96 bits per heavy atom. The third-order valence-corrected chi connectivity index (χ3v) is 5.64. The van der Waals surface area contributed by atoms with Crippen molar-refractivity contribution < 1.29 is 27.1 Å². The summed E-state index contributed by atoms with van der Waals surface area (Å²) in [6.07, 6.45) is 2.13. The van der Waals surface area contributed by atoms with E-state index in [1.807, 2.05) is 0 Å². The number of benzene rings is 1. The minimum Gasteiger partial charge on any atom is -0.481 e. The maximum absolute atomic E-state index is 13.4. The molecule has 9 heteroatoms. The monoisotopic (exact) mass is 374 g/mol. The highest BCUT2D eigenvalue weighted by atomic mass is 32.2. The van der Waals surface area contributed by atoms with Crippen molar-refractivity contribution >= 4 is 15.9 Å². The largest absolute Gasteiger partial charge is 0.481 e. The molecule has 2 rings (SSSR count). The van der Waals surface area contributed by atoms with Gasteiger partial charge < -0.3 is 14.8 Å². The molecule has 0 aliphatic carbocycles. The van der Waals surface area contributed by atoms with E-state index in [9.17, 15) is 17.6 Å². The summed E-state index contributed by atoms with van der Waals surface area (Å²) in [6.45, 7) is 0.610. The van der Waals surface area contributed by atoms with Gasteiger partial charge in [0.2, 0.25) is 10.0 Å². The van der Waals surface area contributed by atoms with Crippen LogP contribution in [-0.4, -0.2) is 63.8 Å². The zero-order valence-corrected chi connectivity index (χ0v) is 15.1. The van der Waals surface area contributed by atoms with Crippen molar-refractivity contribution in [2.75, 3.05) is 39.6 Å². The first-order chi connectivity index (χ1) is 11.8. The fourth-order valence-electron chi connectivity index (χ4n) is 2.69. The molecule has 0 aromatic heterocycles. The van der Waals surface area contributed by atoms with Gasteiger partial charge in [-0.05, 0) is 25.0 Å². The fraction of sp³-hybridized carbons (Fsp3) is 0.562. The van der Waals surface area contributed by atoms with Crippen LogP contribution in [0.2, 0.25) is 0 Å². The smallest absolute Gasteiger partial charge is 0.258 e. The number of carbonyl (C=O) groups is 1. The van der Waals surface area contributed by atoms with Crippen LogP contribution in [0.4, 0.5) is 4.39 Å². The lowest BCUT2D eigenvalue weighted by Gasteiger charge is -2.39. The lowest BCUT2D eigenvalue weighted by atomic mass is 9.92. The molecule has 1 fully saturated rings. The number of ether oxygens (including phenoxy) is 2. The molecule has 1 N–H and O–H groups in total. The summed E-state index contributed by atoms with van der Waals surface area (Å²) in [6, 6.07) is 5.85. The van der Waals surface area contributed by atoms with Crippen LogP contribution < -0.4 is 10.1 Å². The molecule has 25 heavy (non-hydrogen) atoms. The molecule has 0 bridgehead atoms. The molecule has 1 aromatic carbocycles. The van der Waals surface area contributed by atoms with E-state index >= 15 is 0 Å². The maximum atomic E-state index is 13.4. The summed E-state index contributed by atoms with van der Waals surface area (Å²) in [4.78, 5) is 11.9. The molecule has 1 heterocycles. The van der Waals surface area contributed by atoms with E-state index < -0.39 is 27.3 Å². The Bertz CT molecular complexity index is 702. The minimum absolute atomic E-state index is 0.0144. The second-order valence-corrected chi connectivity index (χ2v) is 8.03. The average Bonchev–Trinajstić information content (AvgIpc) is 2.59. The van der Waals surface area contributed by atoms with E-state index in [1.54, 1.807) is 6.07 Å². The van der Waals surface area contributed by atoms with E-state index in [0.717, 1.165) is 0 Å². The van der Waals surface area contributed by atoms with Crippen LogP contribution in [0.15, 0.2) is 24.3 Å². The summed E-state index contributed by atoms with van der Waals surface area (Å²) in [7, 11) is -1.68. The number of amides is 1. The molecule has 0 radical (unpaired) electrons. The highest BCUT2D eigenvalue weighted by Crippen LogP contribution is 2.26. The molecule has 0 spiro atoms. The van der Waals surface area contributed by atoms with Gasteiger partial charge in [-0.15, -0.1) is 0 Å². The van der Waals surface area contributed by atoms with Gasteiger partial charge in [0.15, 0.2) is 18.2 Å². The van der Waals surface area contributed by atoms with Gasteiger partial charge in [-0.1, -0.05) is 12.1 Å². The second kappa shape index (κ2) is 8.11. The van der Waals surface area contributed by atoms with Gasteiger partial charge in [-0.2, -0.15) is 0 Å². The fourth-order valence-corrected chi connectivity index (χ4v) is 3.54. The summed E-state index contributed by atoms with van der Waals surface area (Å²) >= 11 is 0. The minimum atomic E-state index is -3.22. The molecule has 1 aliphatic heterocycles. The van der Waals surface area contributed by atoms with Gasteiger partial charge in [0.25, 0.3) is 5.91 Å². The molecular formula is C16H23FN2O5S. The highest BCUT2D eigenvalue weighted by molar-refractivity contribution is 7.88. The molecule has 0 unspecified atom stereocenters. The molecule has 7 nitrogen and oxygen atoms in total. The van der Waals surface area contributed by atoms with Gasteiger partial charge in [-0.3, -0.25) is 4.79 Å². The average molecular weight is 374 g/mol. The number of rotatable bonds is 7. The molecule has 1 aromatic rings. The Morgan fingerprint density at radius 3 is 2.52 bits per heavy atom. The van der Waals surface area contributed by atoms with Gasteiger partial charge in [0.05, 0.1) is 11.9 Å². The predicted octanol–water partition coefficient (Wildman–Crippen LogP) is 0.761. The Morgan fingerprint density at radius 1 is 1.32 bits per heavy atom. The highest BCUT2D eigenvalue weighted by Gasteiger charge is 2.37. The summed E-state index contributed by atoms with van der Waals surface area (Å²) in [5, 5.41) is 2.71. The Hall–Kier alpha value is -1.71. The molecule has 1 amide bonds. The number of nitrogens with zero attached hydrogens (tertiary/aromatic N) is 1. The number of para-hydroxylation sites is 1. The Kier molecular flexibility index (Phi) is 6.36. The lowest BCUT2D eigenvalue weighted by molar-refractivity contribution is -0.125. The van der Waals surface area contributed by atoms with E-state index in [1.165, 1.54) is 35.9 Å². The van der Waals surface area contributed by atoms with Crippen molar-refractivity contribution in [3.63, 3.8) is 0 Å². The van der Waals surface area contributed by atoms with E-state index in [2.05, 4.69) is 5.32 Å². The number of hydrogen-bond donors (Lipinski definition) is 1. The molecule has 1 aliphatic rings. The normalized spacial score (nSPS) is 17.9. The Labute approximate surface area is 147 Å². The van der Waals surface area contributed by atoms with Crippen LogP contribution in [0, 0.1) is 5.82 Å². The molecule has 140 valence electrons. The zero-order chi connectivity index (χ0) is 18.5.